The summed E-state index contributed by atoms with van der Waals surface area (Å²) in [5.74, 6) is 0.827. The Morgan fingerprint density at radius 1 is 1.53 bits per heavy atom. The van der Waals surface area contributed by atoms with E-state index in [1.54, 1.807) is 32.0 Å². The second kappa shape index (κ2) is 5.78. The van der Waals surface area contributed by atoms with Crippen LogP contribution in [0.2, 0.25) is 0 Å². The molecule has 15 heavy (non-hydrogen) atoms. The minimum absolute atomic E-state index is 0.0726. The summed E-state index contributed by atoms with van der Waals surface area (Å²) < 4.78 is 5.21. The van der Waals surface area contributed by atoms with E-state index in [9.17, 15) is 4.79 Å². The predicted molar refractivity (Wildman–Crippen MR) is 63.0 cm³/mol. The second-order valence-corrected chi connectivity index (χ2v) is 3.87. The maximum Gasteiger partial charge on any atom is 0.176 e. The zero-order valence-corrected chi connectivity index (χ0v) is 9.98. The number of hydrogen-bond donors (Lipinski definition) is 1. The Hall–Kier alpha value is -1.00. The van der Waals surface area contributed by atoms with Crippen molar-refractivity contribution in [1.82, 2.24) is 5.32 Å². The molecule has 0 spiro atoms. The van der Waals surface area contributed by atoms with Crippen molar-refractivity contribution in [1.29, 1.82) is 0 Å². The van der Waals surface area contributed by atoms with E-state index in [0.29, 0.717) is 12.1 Å². The normalized spacial score (nSPS) is 10.1. The third-order valence-corrected chi connectivity index (χ3v) is 2.82. The van der Waals surface area contributed by atoms with Crippen LogP contribution in [0.4, 0.5) is 0 Å². The number of ether oxygens (including phenoxy) is 1. The monoisotopic (exact) mass is 225 g/mol. The lowest BCUT2D eigenvalue weighted by Crippen LogP contribution is -2.18. The minimum atomic E-state index is 0.0726. The Kier molecular flexibility index (Phi) is 4.65. The first-order chi connectivity index (χ1) is 7.22. The van der Waals surface area contributed by atoms with Crippen molar-refractivity contribution in [3.63, 3.8) is 0 Å². The Labute approximate surface area is 94.2 Å². The summed E-state index contributed by atoms with van der Waals surface area (Å²) >= 11 is 1.60. The molecule has 0 aromatic heterocycles. The fourth-order valence-electron chi connectivity index (χ4n) is 1.27. The van der Waals surface area contributed by atoms with E-state index in [-0.39, 0.29) is 5.78 Å². The highest BCUT2D eigenvalue weighted by Gasteiger charge is 2.08. The standard InChI is InChI=1S/C11H15NO2S/c1-12-7-9(13)8-4-5-11(15-3)10(6-8)14-2/h4-6,12H,7H2,1-3H3. The van der Waals surface area contributed by atoms with E-state index in [1.165, 1.54) is 0 Å². The average Bonchev–Trinajstić information content (AvgIpc) is 2.28. The number of carbonyl (C=O) groups is 1. The lowest BCUT2D eigenvalue weighted by atomic mass is 10.1. The molecule has 0 saturated heterocycles. The van der Waals surface area contributed by atoms with Crippen LogP contribution in [0.15, 0.2) is 23.1 Å². The van der Waals surface area contributed by atoms with Gasteiger partial charge >= 0.3 is 0 Å². The molecule has 1 N–H and O–H groups in total. The van der Waals surface area contributed by atoms with Crippen LogP contribution in [0.1, 0.15) is 10.4 Å². The van der Waals surface area contributed by atoms with E-state index in [2.05, 4.69) is 5.32 Å². The summed E-state index contributed by atoms with van der Waals surface area (Å²) in [7, 11) is 3.37. The SMILES string of the molecule is CNCC(=O)c1ccc(SC)c(OC)c1. The van der Waals surface area contributed by atoms with E-state index in [4.69, 9.17) is 4.74 Å². The molecule has 0 radical (unpaired) electrons. The summed E-state index contributed by atoms with van der Waals surface area (Å²) in [4.78, 5) is 12.6. The highest BCUT2D eigenvalue weighted by molar-refractivity contribution is 7.98. The number of benzene rings is 1. The topological polar surface area (TPSA) is 38.3 Å². The fraction of sp³-hybridized carbons (Fsp3) is 0.364. The number of methoxy groups -OCH3 is 1. The number of rotatable bonds is 5. The van der Waals surface area contributed by atoms with Crippen LogP contribution in [0, 0.1) is 0 Å². The molecule has 1 rings (SSSR count). The molecular formula is C11H15NO2S. The highest BCUT2D eigenvalue weighted by atomic mass is 32.2. The molecule has 82 valence electrons. The fourth-order valence-corrected chi connectivity index (χ4v) is 1.82. The quantitative estimate of drug-likeness (QED) is 0.613. The number of likely N-dealkylation sites (N-methyl/N-ethyl adjacent to an activating group) is 1. The summed E-state index contributed by atoms with van der Waals surface area (Å²) in [5.41, 5.74) is 0.680. The van der Waals surface area contributed by atoms with Crippen molar-refractivity contribution < 1.29 is 9.53 Å². The van der Waals surface area contributed by atoms with Crippen LogP contribution in [-0.2, 0) is 0 Å². The largest absolute Gasteiger partial charge is 0.496 e. The molecule has 0 bridgehead atoms. The molecule has 0 aliphatic rings. The molecule has 3 nitrogen and oxygen atoms in total. The van der Waals surface area contributed by atoms with Gasteiger partial charge in [-0.05, 0) is 31.5 Å². The minimum Gasteiger partial charge on any atom is -0.496 e. The maximum atomic E-state index is 11.6. The lowest BCUT2D eigenvalue weighted by molar-refractivity contribution is 0.0993. The third kappa shape index (κ3) is 2.97. The number of ketones is 1. The molecule has 0 saturated carbocycles. The Bertz CT molecular complexity index is 352. The van der Waals surface area contributed by atoms with Gasteiger partial charge in [-0.25, -0.2) is 0 Å². The number of nitrogens with one attached hydrogen (secondary N) is 1. The van der Waals surface area contributed by atoms with Crippen molar-refractivity contribution >= 4 is 17.5 Å². The first-order valence-electron chi connectivity index (χ1n) is 4.62. The molecule has 0 fully saturated rings. The Morgan fingerprint density at radius 3 is 2.80 bits per heavy atom. The zero-order chi connectivity index (χ0) is 11.3. The smallest absolute Gasteiger partial charge is 0.176 e. The molecular weight excluding hydrogens is 210 g/mol. The maximum absolute atomic E-state index is 11.6. The summed E-state index contributed by atoms with van der Waals surface area (Å²) in [6.45, 7) is 0.349. The van der Waals surface area contributed by atoms with Crippen LogP contribution >= 0.6 is 11.8 Å². The molecule has 0 atom stereocenters. The van der Waals surface area contributed by atoms with E-state index in [1.807, 2.05) is 18.4 Å². The number of Topliss-reactive ketones (excluding diaryl/α,β-unsaturated/α-hetero) is 1. The number of carbonyl (C=O) groups excluding carboxylic acids is 1. The van der Waals surface area contributed by atoms with Crippen LogP contribution in [0.5, 0.6) is 5.75 Å². The van der Waals surface area contributed by atoms with Gasteiger partial charge in [0.05, 0.1) is 13.7 Å². The van der Waals surface area contributed by atoms with Crippen molar-refractivity contribution in [3.05, 3.63) is 23.8 Å². The van der Waals surface area contributed by atoms with Crippen LogP contribution < -0.4 is 10.1 Å². The molecule has 1 aromatic carbocycles. The molecule has 0 aliphatic heterocycles. The zero-order valence-electron chi connectivity index (χ0n) is 9.16. The van der Waals surface area contributed by atoms with E-state index >= 15 is 0 Å². The summed E-state index contributed by atoms with van der Waals surface area (Å²) in [6.07, 6.45) is 1.98. The second-order valence-electron chi connectivity index (χ2n) is 3.02. The highest BCUT2D eigenvalue weighted by Crippen LogP contribution is 2.28. The van der Waals surface area contributed by atoms with Gasteiger partial charge in [-0.15, -0.1) is 11.8 Å². The molecule has 0 aliphatic carbocycles. The van der Waals surface area contributed by atoms with Crippen LogP contribution in [0.3, 0.4) is 0 Å². The van der Waals surface area contributed by atoms with Gasteiger partial charge in [0.25, 0.3) is 0 Å². The lowest BCUT2D eigenvalue weighted by Gasteiger charge is -2.08. The molecule has 1 aromatic rings. The predicted octanol–water partition coefficient (Wildman–Crippen LogP) is 1.82. The van der Waals surface area contributed by atoms with Crippen molar-refractivity contribution in [2.24, 2.45) is 0 Å². The molecule has 0 unspecified atom stereocenters. The van der Waals surface area contributed by atoms with Crippen molar-refractivity contribution in [3.8, 4) is 5.75 Å². The van der Waals surface area contributed by atoms with Gasteiger partial charge in [0.2, 0.25) is 0 Å². The number of hydrogen-bond acceptors (Lipinski definition) is 4. The van der Waals surface area contributed by atoms with Gasteiger partial charge < -0.3 is 10.1 Å². The first-order valence-corrected chi connectivity index (χ1v) is 5.85. The first kappa shape index (κ1) is 12.1. The van der Waals surface area contributed by atoms with Gasteiger partial charge in [0.15, 0.2) is 5.78 Å². The summed E-state index contributed by atoms with van der Waals surface area (Å²) in [6, 6.07) is 5.52. The Balaban J connectivity index is 2.97. The molecule has 0 heterocycles. The van der Waals surface area contributed by atoms with Gasteiger partial charge in [0.1, 0.15) is 5.75 Å². The third-order valence-electron chi connectivity index (χ3n) is 2.04. The van der Waals surface area contributed by atoms with E-state index < -0.39 is 0 Å². The van der Waals surface area contributed by atoms with Gasteiger partial charge in [-0.3, -0.25) is 4.79 Å². The van der Waals surface area contributed by atoms with Gasteiger partial charge in [0, 0.05) is 10.5 Å². The van der Waals surface area contributed by atoms with Crippen molar-refractivity contribution in [2.75, 3.05) is 27.0 Å². The van der Waals surface area contributed by atoms with Gasteiger partial charge in [-0.2, -0.15) is 0 Å². The number of thioether (sulfide) groups is 1. The van der Waals surface area contributed by atoms with Gasteiger partial charge in [-0.1, -0.05) is 0 Å². The molecule has 0 amide bonds. The van der Waals surface area contributed by atoms with E-state index in [0.717, 1.165) is 10.6 Å². The summed E-state index contributed by atoms with van der Waals surface area (Å²) in [5, 5.41) is 2.84. The molecule has 4 heteroatoms. The Morgan fingerprint density at radius 2 is 2.27 bits per heavy atom. The van der Waals surface area contributed by atoms with Crippen LogP contribution in [0.25, 0.3) is 0 Å². The average molecular weight is 225 g/mol. The van der Waals surface area contributed by atoms with Crippen LogP contribution in [-0.4, -0.2) is 32.7 Å². The van der Waals surface area contributed by atoms with Crippen molar-refractivity contribution in [2.45, 2.75) is 4.90 Å².